The van der Waals surface area contributed by atoms with Crippen molar-refractivity contribution in [2.75, 3.05) is 24.5 Å². The Morgan fingerprint density at radius 3 is 2.68 bits per heavy atom. The average molecular weight is 417 g/mol. The third-order valence-corrected chi connectivity index (χ3v) is 4.25. The van der Waals surface area contributed by atoms with E-state index in [-0.39, 0.29) is 12.1 Å². The van der Waals surface area contributed by atoms with Crippen molar-refractivity contribution in [3.8, 4) is 0 Å². The van der Waals surface area contributed by atoms with Crippen LogP contribution in [0.5, 0.6) is 0 Å². The number of piperazine rings is 1. The summed E-state index contributed by atoms with van der Waals surface area (Å²) in [5.74, 6) is 0.983. The second-order valence-corrected chi connectivity index (χ2v) is 7.76. The first kappa shape index (κ1) is 17.3. The van der Waals surface area contributed by atoms with Gasteiger partial charge < -0.3 is 14.5 Å². The molecule has 1 aromatic rings. The predicted octanol–water partition coefficient (Wildman–Crippen LogP) is 3.52. The lowest BCUT2D eigenvalue weighted by Crippen LogP contribution is -2.55. The lowest BCUT2D eigenvalue weighted by Gasteiger charge is -2.42. The van der Waals surface area contributed by atoms with Crippen molar-refractivity contribution in [3.05, 3.63) is 21.9 Å². The van der Waals surface area contributed by atoms with E-state index in [9.17, 15) is 4.79 Å². The Balaban J connectivity index is 2.05. The maximum atomic E-state index is 12.2. The number of nitrogens with zero attached hydrogens (tertiary/aromatic N) is 3. The molecule has 0 spiro atoms. The smallest absolute Gasteiger partial charge is 0.410 e. The van der Waals surface area contributed by atoms with Gasteiger partial charge in [-0.1, -0.05) is 6.92 Å². The quantitative estimate of drug-likeness (QED) is 0.691. The first-order valence-electron chi connectivity index (χ1n) is 7.66. The van der Waals surface area contributed by atoms with Crippen molar-refractivity contribution in [2.45, 2.75) is 45.8 Å². The monoisotopic (exact) mass is 417 g/mol. The molecule has 0 radical (unpaired) electrons. The zero-order valence-electron chi connectivity index (χ0n) is 13.7. The van der Waals surface area contributed by atoms with Crippen LogP contribution in [-0.2, 0) is 4.74 Å². The largest absolute Gasteiger partial charge is 0.444 e. The molecule has 0 unspecified atom stereocenters. The van der Waals surface area contributed by atoms with Gasteiger partial charge in [0.2, 0.25) is 0 Å². The summed E-state index contributed by atoms with van der Waals surface area (Å²) in [6.45, 7) is 9.96. The maximum Gasteiger partial charge on any atom is 0.410 e. The number of hydrogen-bond donors (Lipinski definition) is 0. The third-order valence-electron chi connectivity index (χ3n) is 3.61. The van der Waals surface area contributed by atoms with Crippen LogP contribution in [0, 0.1) is 3.57 Å². The molecule has 1 atom stereocenters. The SMILES string of the molecule is CC[C@@H]1CN(C(=O)OC(C)(C)C)CCN1c1ccc(I)cn1. The Labute approximate surface area is 146 Å². The minimum atomic E-state index is -0.451. The van der Waals surface area contributed by atoms with E-state index in [1.807, 2.05) is 37.9 Å². The molecule has 122 valence electrons. The van der Waals surface area contributed by atoms with Crippen LogP contribution in [0.15, 0.2) is 18.3 Å². The highest BCUT2D eigenvalue weighted by molar-refractivity contribution is 14.1. The molecule has 22 heavy (non-hydrogen) atoms. The lowest BCUT2D eigenvalue weighted by atomic mass is 10.1. The molecule has 1 saturated heterocycles. The summed E-state index contributed by atoms with van der Waals surface area (Å²) < 4.78 is 6.61. The summed E-state index contributed by atoms with van der Waals surface area (Å²) in [5, 5.41) is 0. The number of rotatable bonds is 2. The van der Waals surface area contributed by atoms with Gasteiger partial charge in [-0.15, -0.1) is 0 Å². The molecule has 0 bridgehead atoms. The predicted molar refractivity (Wildman–Crippen MR) is 96.2 cm³/mol. The number of ether oxygens (including phenoxy) is 1. The van der Waals surface area contributed by atoms with Crippen LogP contribution < -0.4 is 4.90 Å². The normalized spacial score (nSPS) is 19.2. The minimum absolute atomic E-state index is 0.221. The van der Waals surface area contributed by atoms with Gasteiger partial charge in [-0.05, 0) is 61.9 Å². The van der Waals surface area contributed by atoms with Crippen molar-refractivity contribution in [1.82, 2.24) is 9.88 Å². The van der Waals surface area contributed by atoms with Crippen molar-refractivity contribution in [1.29, 1.82) is 0 Å². The number of hydrogen-bond acceptors (Lipinski definition) is 4. The summed E-state index contributed by atoms with van der Waals surface area (Å²) in [5.41, 5.74) is -0.451. The molecule has 0 aliphatic carbocycles. The second-order valence-electron chi connectivity index (χ2n) is 6.52. The van der Waals surface area contributed by atoms with Gasteiger partial charge in [-0.25, -0.2) is 9.78 Å². The van der Waals surface area contributed by atoms with Crippen LogP contribution >= 0.6 is 22.6 Å². The highest BCUT2D eigenvalue weighted by Crippen LogP contribution is 2.22. The molecule has 0 saturated carbocycles. The molecule has 1 aliphatic heterocycles. The molecule has 1 aliphatic rings. The first-order valence-corrected chi connectivity index (χ1v) is 8.74. The Morgan fingerprint density at radius 1 is 1.41 bits per heavy atom. The third kappa shape index (κ3) is 4.47. The van der Waals surface area contributed by atoms with Crippen molar-refractivity contribution in [3.63, 3.8) is 0 Å². The number of amides is 1. The highest BCUT2D eigenvalue weighted by atomic mass is 127. The summed E-state index contributed by atoms with van der Waals surface area (Å²) in [7, 11) is 0. The number of aromatic nitrogens is 1. The van der Waals surface area contributed by atoms with Crippen LogP contribution in [0.2, 0.25) is 0 Å². The molecule has 6 heteroatoms. The van der Waals surface area contributed by atoms with Crippen molar-refractivity contribution < 1.29 is 9.53 Å². The van der Waals surface area contributed by atoms with E-state index in [0.717, 1.165) is 22.4 Å². The lowest BCUT2D eigenvalue weighted by molar-refractivity contribution is 0.0213. The van der Waals surface area contributed by atoms with E-state index < -0.39 is 5.60 Å². The van der Waals surface area contributed by atoms with Crippen LogP contribution in [0.25, 0.3) is 0 Å². The standard InChI is InChI=1S/C16H24IN3O2/c1-5-13-11-19(15(21)22-16(2,3)4)8-9-20(13)14-7-6-12(17)10-18-14/h6-7,10,13H,5,8-9,11H2,1-4H3/t13-/m1/s1. The van der Waals surface area contributed by atoms with Crippen LogP contribution in [-0.4, -0.2) is 47.3 Å². The van der Waals surface area contributed by atoms with Crippen molar-refractivity contribution in [2.24, 2.45) is 0 Å². The molecule has 0 N–H and O–H groups in total. The molecule has 5 nitrogen and oxygen atoms in total. The highest BCUT2D eigenvalue weighted by Gasteiger charge is 2.31. The number of halogens is 1. The fraction of sp³-hybridized carbons (Fsp3) is 0.625. The van der Waals surface area contributed by atoms with E-state index >= 15 is 0 Å². The van der Waals surface area contributed by atoms with Crippen LogP contribution in [0.4, 0.5) is 10.6 Å². The minimum Gasteiger partial charge on any atom is -0.444 e. The maximum absolute atomic E-state index is 12.2. The molecule has 1 fully saturated rings. The number of carbonyl (C=O) groups is 1. The summed E-state index contributed by atoms with van der Waals surface area (Å²) >= 11 is 2.26. The van der Waals surface area contributed by atoms with Gasteiger partial charge in [-0.2, -0.15) is 0 Å². The molecule has 2 rings (SSSR count). The van der Waals surface area contributed by atoms with Gasteiger partial charge in [0.15, 0.2) is 0 Å². The topological polar surface area (TPSA) is 45.7 Å². The molecule has 1 aromatic heterocycles. The van der Waals surface area contributed by atoms with Crippen molar-refractivity contribution >= 4 is 34.5 Å². The summed E-state index contributed by atoms with van der Waals surface area (Å²) in [4.78, 5) is 20.8. The number of anilines is 1. The van der Waals surface area contributed by atoms with Gasteiger partial charge in [-0.3, -0.25) is 0 Å². The fourth-order valence-corrected chi connectivity index (χ4v) is 2.86. The summed E-state index contributed by atoms with van der Waals surface area (Å²) in [6.07, 6.45) is 2.62. The van der Waals surface area contributed by atoms with E-state index in [0.29, 0.717) is 13.1 Å². The summed E-state index contributed by atoms with van der Waals surface area (Å²) in [6, 6.07) is 4.39. The van der Waals surface area contributed by atoms with Gasteiger partial charge in [0.1, 0.15) is 11.4 Å². The van der Waals surface area contributed by atoms with Gasteiger partial charge >= 0.3 is 6.09 Å². The first-order chi connectivity index (χ1) is 10.3. The Kier molecular flexibility index (Phi) is 5.52. The number of pyridine rings is 1. The zero-order valence-corrected chi connectivity index (χ0v) is 15.8. The molecular weight excluding hydrogens is 393 g/mol. The number of carbonyl (C=O) groups excluding carboxylic acids is 1. The molecular formula is C16H24IN3O2. The van der Waals surface area contributed by atoms with E-state index in [1.54, 1.807) is 0 Å². The Morgan fingerprint density at radius 2 is 2.14 bits per heavy atom. The average Bonchev–Trinajstić information content (AvgIpc) is 2.45. The van der Waals surface area contributed by atoms with Gasteiger partial charge in [0.05, 0.1) is 0 Å². The van der Waals surface area contributed by atoms with E-state index in [1.165, 1.54) is 0 Å². The Hall–Kier alpha value is -1.05. The van der Waals surface area contributed by atoms with Crippen LogP contribution in [0.3, 0.4) is 0 Å². The van der Waals surface area contributed by atoms with Gasteiger partial charge in [0, 0.05) is 35.4 Å². The van der Waals surface area contributed by atoms with Crippen LogP contribution in [0.1, 0.15) is 34.1 Å². The Bertz CT molecular complexity index is 513. The van der Waals surface area contributed by atoms with E-state index in [4.69, 9.17) is 4.74 Å². The fourth-order valence-electron chi connectivity index (χ4n) is 2.54. The second kappa shape index (κ2) is 7.02. The molecule has 0 aromatic carbocycles. The van der Waals surface area contributed by atoms with Gasteiger partial charge in [0.25, 0.3) is 0 Å². The van der Waals surface area contributed by atoms with E-state index in [2.05, 4.69) is 45.5 Å². The molecule has 1 amide bonds. The molecule has 2 heterocycles. The zero-order chi connectivity index (χ0) is 16.3.